The van der Waals surface area contributed by atoms with Crippen LogP contribution in [-0.4, -0.2) is 41.7 Å². The van der Waals surface area contributed by atoms with Crippen molar-refractivity contribution in [3.05, 3.63) is 12.7 Å². The molecular weight excluding hydrogens is 151 g/mol. The van der Waals surface area contributed by atoms with Gasteiger partial charge >= 0.3 is 35.0 Å². The van der Waals surface area contributed by atoms with Gasteiger partial charge in [-0.25, -0.2) is 14.0 Å². The fourth-order valence-electron chi connectivity index (χ4n) is 0.181. The first-order chi connectivity index (χ1) is 4.20. The molecule has 0 radical (unpaired) electrons. The molecule has 0 spiro atoms. The van der Waals surface area contributed by atoms with Gasteiger partial charge in [-0.3, -0.25) is 0 Å². The molecule has 3 nitrogen and oxygen atoms in total. The molecule has 54 valence electrons. The van der Waals surface area contributed by atoms with E-state index in [9.17, 15) is 14.0 Å². The van der Waals surface area contributed by atoms with Crippen LogP contribution >= 0.6 is 0 Å². The normalized spacial score (nSPS) is 7.30. The van der Waals surface area contributed by atoms with Gasteiger partial charge in [-0.2, -0.15) is 0 Å². The quantitative estimate of drug-likeness (QED) is 0.247. The second kappa shape index (κ2) is 6.69. The number of rotatable bonds is 2. The zero-order valence-corrected chi connectivity index (χ0v) is 6.72. The van der Waals surface area contributed by atoms with Crippen LogP contribution in [0.1, 0.15) is 2.85 Å². The molecule has 0 amide bonds. The Morgan fingerprint density at radius 3 is 2.50 bits per heavy atom. The summed E-state index contributed by atoms with van der Waals surface area (Å²) in [5.41, 5.74) is 0. The minimum absolute atomic E-state index is 0. The maximum Gasteiger partial charge on any atom is 2.00 e. The molecule has 10 heavy (non-hydrogen) atoms. The third-order valence-electron chi connectivity index (χ3n) is 0.490. The first-order valence-corrected chi connectivity index (χ1v) is 2.13. The maximum absolute atomic E-state index is 11.2. The van der Waals surface area contributed by atoms with E-state index in [-0.39, 0.29) is 25.9 Å². The number of alkyl halides is 1. The summed E-state index contributed by atoms with van der Waals surface area (Å²) < 4.78 is 15.0. The third-order valence-corrected chi connectivity index (χ3v) is 0.490. The monoisotopic (exact) mass is 158 g/mol. The van der Waals surface area contributed by atoms with Crippen molar-refractivity contribution in [3.63, 3.8) is 0 Å². The van der Waals surface area contributed by atoms with E-state index in [4.69, 9.17) is 0 Å². The minimum Gasteiger partial charge on any atom is -1.00 e. The summed E-state index contributed by atoms with van der Waals surface area (Å²) >= 11 is 0. The van der Waals surface area contributed by atoms with Crippen LogP contribution in [0, 0.1) is 0 Å². The molecule has 0 bridgehead atoms. The smallest absolute Gasteiger partial charge is 1.00 e. The zero-order valence-electron chi connectivity index (χ0n) is 7.30. The van der Waals surface area contributed by atoms with Gasteiger partial charge < -0.3 is 7.59 Å². The molecule has 0 heterocycles. The molecule has 0 aliphatic rings. The molecule has 0 N–H and O–H groups in total. The van der Waals surface area contributed by atoms with Gasteiger partial charge in [0.2, 0.25) is 0 Å². The van der Waals surface area contributed by atoms with Crippen molar-refractivity contribution >= 4 is 35.0 Å². The van der Waals surface area contributed by atoms with Crippen LogP contribution in [0.3, 0.4) is 0 Å². The van der Waals surface area contributed by atoms with Gasteiger partial charge in [-0.05, 0) is 0 Å². The molecule has 0 aliphatic heterocycles. The first kappa shape index (κ1) is 12.3. The predicted octanol–water partition coefficient (Wildman–Crippen LogP) is 0.0559. The second-order valence-corrected chi connectivity index (χ2v) is 1.13. The average molecular weight is 158 g/mol. The van der Waals surface area contributed by atoms with Crippen molar-refractivity contribution in [2.45, 2.75) is 0 Å². The molecule has 0 atom stereocenters. The molecule has 0 aromatic rings. The fourth-order valence-corrected chi connectivity index (χ4v) is 0.181. The van der Waals surface area contributed by atoms with Crippen LogP contribution in [0.4, 0.5) is 4.39 Å². The topological polar surface area (TPSA) is 43.4 Å². The zero-order chi connectivity index (χ0) is 7.28. The number of hydrogen-bond acceptors (Lipinski definition) is 3. The molecule has 0 fully saturated rings. The molecular formula is C5H7FMgO3. The van der Waals surface area contributed by atoms with E-state index < -0.39 is 18.6 Å². The van der Waals surface area contributed by atoms with Crippen LogP contribution in [0.25, 0.3) is 0 Å². The van der Waals surface area contributed by atoms with Crippen molar-refractivity contribution in [1.82, 2.24) is 0 Å². The van der Waals surface area contributed by atoms with Crippen LogP contribution in [0.5, 0.6) is 0 Å². The van der Waals surface area contributed by atoms with E-state index in [1.54, 1.807) is 0 Å². The predicted molar refractivity (Wildman–Crippen MR) is 35.2 cm³/mol. The Bertz CT molecular complexity index is 154. The Balaban J connectivity index is -0.000000107. The number of esters is 2. The van der Waals surface area contributed by atoms with Gasteiger partial charge in [-0.1, -0.05) is 6.58 Å². The minimum atomic E-state index is -1.29. The molecule has 0 aromatic carbocycles. The molecule has 0 saturated heterocycles. The number of ether oxygens (including phenoxy) is 1. The molecule has 5 heteroatoms. The van der Waals surface area contributed by atoms with Crippen LogP contribution in [0.2, 0.25) is 0 Å². The summed E-state index contributed by atoms with van der Waals surface area (Å²) in [7, 11) is 0. The molecule has 0 aliphatic carbocycles. The fraction of sp³-hybridized carbons (Fsp3) is 0.200. The summed E-state index contributed by atoms with van der Waals surface area (Å²) in [6.45, 7) is 1.71. The molecule has 0 unspecified atom stereocenters. The Morgan fingerprint density at radius 1 is 1.70 bits per heavy atom. The Hall–Kier alpha value is -0.424. The van der Waals surface area contributed by atoms with Gasteiger partial charge in [0.05, 0.1) is 0 Å². The second-order valence-electron chi connectivity index (χ2n) is 1.13. The van der Waals surface area contributed by atoms with Crippen molar-refractivity contribution in [2.24, 2.45) is 0 Å². The molecule has 0 aromatic heterocycles. The largest absolute Gasteiger partial charge is 2.00 e. The van der Waals surface area contributed by atoms with E-state index in [1.165, 1.54) is 0 Å². The van der Waals surface area contributed by atoms with E-state index >= 15 is 0 Å². The Kier molecular flexibility index (Phi) is 8.21. The van der Waals surface area contributed by atoms with Crippen molar-refractivity contribution in [2.75, 3.05) is 6.67 Å². The standard InChI is InChI=1S/C5H5FO3.Mg.2H/c1-2-4(7)9-5(8)3-6;;;/h2H,1,3H2;;;/q;+2;2*-1. The van der Waals surface area contributed by atoms with Gasteiger partial charge in [-0.15, -0.1) is 0 Å². The first-order valence-electron chi connectivity index (χ1n) is 2.13. The average Bonchev–Trinajstić information content (AvgIpc) is 1.87. The van der Waals surface area contributed by atoms with Crippen molar-refractivity contribution in [3.8, 4) is 0 Å². The SMILES string of the molecule is C=CC(=O)OC(=O)CF.[H-].[H-].[Mg+2]. The van der Waals surface area contributed by atoms with Crippen molar-refractivity contribution in [1.29, 1.82) is 0 Å². The van der Waals surface area contributed by atoms with Crippen molar-refractivity contribution < 1.29 is 21.6 Å². The Labute approximate surface area is 76.4 Å². The van der Waals surface area contributed by atoms with Gasteiger partial charge in [0.15, 0.2) is 6.67 Å². The number of hydrogen-bond donors (Lipinski definition) is 0. The summed E-state index contributed by atoms with van der Waals surface area (Å²) in [5.74, 6) is -2.13. The summed E-state index contributed by atoms with van der Waals surface area (Å²) in [6, 6.07) is 0. The van der Waals surface area contributed by atoms with E-state index in [0.29, 0.717) is 0 Å². The van der Waals surface area contributed by atoms with Crippen LogP contribution in [0.15, 0.2) is 12.7 Å². The maximum atomic E-state index is 11.2. The van der Waals surface area contributed by atoms with Gasteiger partial charge in [0.25, 0.3) is 0 Å². The van der Waals surface area contributed by atoms with E-state index in [1.807, 2.05) is 0 Å². The Morgan fingerprint density at radius 2 is 2.20 bits per heavy atom. The third kappa shape index (κ3) is 5.71. The van der Waals surface area contributed by atoms with E-state index in [2.05, 4.69) is 11.3 Å². The molecule has 0 rings (SSSR count). The molecule has 0 saturated carbocycles. The van der Waals surface area contributed by atoms with Gasteiger partial charge in [0, 0.05) is 6.08 Å². The van der Waals surface area contributed by atoms with Crippen LogP contribution in [-0.2, 0) is 14.3 Å². The number of halogens is 1. The summed E-state index contributed by atoms with van der Waals surface area (Å²) in [4.78, 5) is 20.0. The van der Waals surface area contributed by atoms with Gasteiger partial charge in [0.1, 0.15) is 0 Å². The van der Waals surface area contributed by atoms with Crippen LogP contribution < -0.4 is 0 Å². The van der Waals surface area contributed by atoms with E-state index in [0.717, 1.165) is 6.08 Å². The summed E-state index contributed by atoms with van der Waals surface area (Å²) in [6.07, 6.45) is 0.785. The summed E-state index contributed by atoms with van der Waals surface area (Å²) in [5, 5.41) is 0. The number of carbonyl (C=O) groups is 2. The number of carbonyl (C=O) groups excluding carboxylic acids is 2.